The van der Waals surface area contributed by atoms with E-state index in [4.69, 9.17) is 15.6 Å². The summed E-state index contributed by atoms with van der Waals surface area (Å²) in [6, 6.07) is 9.51. The van der Waals surface area contributed by atoms with Gasteiger partial charge in [0.1, 0.15) is 6.17 Å². The zero-order chi connectivity index (χ0) is 34.9. The van der Waals surface area contributed by atoms with Gasteiger partial charge in [-0.2, -0.15) is 0 Å². The second-order valence-electron chi connectivity index (χ2n) is 11.8. The number of aromatic nitrogens is 2. The molecule has 258 valence electrons. The normalized spacial score (nSPS) is 21.0. The first kappa shape index (κ1) is 38.1. The Kier molecular flexibility index (Phi) is 13.5. The van der Waals surface area contributed by atoms with Crippen molar-refractivity contribution in [3.63, 3.8) is 0 Å². The van der Waals surface area contributed by atoms with E-state index < -0.39 is 26.2 Å². The van der Waals surface area contributed by atoms with E-state index >= 15 is 0 Å². The quantitative estimate of drug-likeness (QED) is 0.158. The number of aldehydes is 1. The van der Waals surface area contributed by atoms with Crippen LogP contribution in [0.15, 0.2) is 36.4 Å². The van der Waals surface area contributed by atoms with Crippen molar-refractivity contribution in [2.45, 2.75) is 44.0 Å². The molecule has 0 amide bonds. The molecule has 14 heteroatoms. The number of carbonyl (C=O) groups excluding carboxylic acids is 1. The molecule has 4 N–H and O–H groups in total. The number of ether oxygens (including phenoxy) is 1. The number of aliphatic hydroxyl groups is 1. The number of β-amino-alcohol motifs (C(OH)–C–C–N with tert-alkyl or cyclic N) is 1. The standard InChI is InChI=1S/C19H15F3N4O2Se.C7H12FN.C5H11NO.C2H6/c1-28-16-10-12(11-27)7-8-13(16)24-9-3-4-14-18(29-19(20,21)22)15-5-2-6-17(23)26(15)25-14;1-9-3-5-2-6(5)7(8)4-9;1-5(7)3-6(2)4-5;1-2/h2,5-8,10-11,24H,9,23H2,1H3;5-7H,2-4H2,1H3;7H,3-4H2,1-2H3;1-2H3. The summed E-state index contributed by atoms with van der Waals surface area (Å²) in [4.78, 5) is 15.0. The fraction of sp³-hybridized carbons (Fsp3) is 0.515. The molecule has 3 unspecified atom stereocenters. The van der Waals surface area contributed by atoms with Crippen LogP contribution in [0.3, 0.4) is 0 Å². The van der Waals surface area contributed by atoms with Gasteiger partial charge in [0.2, 0.25) is 0 Å². The molecule has 2 saturated heterocycles. The van der Waals surface area contributed by atoms with Gasteiger partial charge in [-0.1, -0.05) is 13.8 Å². The van der Waals surface area contributed by atoms with E-state index in [9.17, 15) is 22.4 Å². The zero-order valence-corrected chi connectivity index (χ0v) is 29.3. The number of likely N-dealkylation sites (tertiary alicyclic amines) is 2. The average Bonchev–Trinajstić information content (AvgIpc) is 3.71. The number of benzene rings is 1. The Morgan fingerprint density at radius 2 is 1.89 bits per heavy atom. The predicted octanol–water partition coefficient (Wildman–Crippen LogP) is 3.67. The van der Waals surface area contributed by atoms with E-state index in [0.717, 1.165) is 26.1 Å². The number of alkyl halides is 4. The molecule has 3 fully saturated rings. The Hall–Kier alpha value is -3.34. The molecular formula is C33H44F4N6O3Se. The number of fused-ring (bicyclic) bond motifs is 2. The minimum atomic E-state index is -4.34. The average molecular weight is 728 g/mol. The van der Waals surface area contributed by atoms with Gasteiger partial charge in [-0.3, -0.25) is 0 Å². The summed E-state index contributed by atoms with van der Waals surface area (Å²) in [6.07, 6.45) is 1.32. The van der Waals surface area contributed by atoms with E-state index in [0.29, 0.717) is 47.2 Å². The van der Waals surface area contributed by atoms with Crippen LogP contribution in [0.1, 0.15) is 43.2 Å². The number of hydrogen-bond acceptors (Lipinski definition) is 8. The number of nitrogens with zero attached hydrogens (tertiary/aromatic N) is 4. The number of piperidine rings is 1. The number of nitrogens with one attached hydrogen (secondary N) is 1. The van der Waals surface area contributed by atoms with Gasteiger partial charge in [0.05, 0.1) is 5.60 Å². The van der Waals surface area contributed by atoms with Crippen LogP contribution < -0.4 is 20.2 Å². The van der Waals surface area contributed by atoms with Gasteiger partial charge in [0, 0.05) is 26.2 Å². The molecule has 3 aliphatic rings. The molecule has 4 heterocycles. The summed E-state index contributed by atoms with van der Waals surface area (Å²) < 4.78 is 58.5. The van der Waals surface area contributed by atoms with E-state index in [-0.39, 0.29) is 28.1 Å². The van der Waals surface area contributed by atoms with Crippen molar-refractivity contribution in [3.8, 4) is 17.6 Å². The molecular weight excluding hydrogens is 683 g/mol. The number of likely N-dealkylation sites (N-methyl/N-ethyl adjacent to an activating group) is 1. The molecule has 3 aromatic rings. The van der Waals surface area contributed by atoms with E-state index in [1.807, 2.05) is 34.9 Å². The molecule has 3 atom stereocenters. The first-order valence-corrected chi connectivity index (χ1v) is 17.0. The number of halogens is 4. The van der Waals surface area contributed by atoms with Crippen LogP contribution in [-0.2, 0) is 0 Å². The summed E-state index contributed by atoms with van der Waals surface area (Å²) in [6.45, 7) is 9.44. The van der Waals surface area contributed by atoms with Crippen molar-refractivity contribution < 1.29 is 32.2 Å². The molecule has 9 nitrogen and oxygen atoms in total. The number of rotatable bonds is 5. The molecule has 47 heavy (non-hydrogen) atoms. The Morgan fingerprint density at radius 1 is 1.19 bits per heavy atom. The molecule has 6 rings (SSSR count). The number of methoxy groups -OCH3 is 1. The number of nitrogens with two attached hydrogens (primary N) is 1. The molecule has 2 aromatic heterocycles. The fourth-order valence-electron chi connectivity index (χ4n) is 5.51. The van der Waals surface area contributed by atoms with Crippen molar-refractivity contribution in [3.05, 3.63) is 47.7 Å². The van der Waals surface area contributed by atoms with Gasteiger partial charge in [0.15, 0.2) is 0 Å². The number of nitrogen functional groups attached to an aromatic ring is 1. The molecule has 0 bridgehead atoms. The summed E-state index contributed by atoms with van der Waals surface area (Å²) >= 11 is -1.81. The van der Waals surface area contributed by atoms with Crippen LogP contribution >= 0.6 is 0 Å². The maximum atomic E-state index is 13.0. The van der Waals surface area contributed by atoms with Crippen LogP contribution in [-0.4, -0.2) is 117 Å². The molecule has 1 saturated carbocycles. The topological polar surface area (TPSA) is 108 Å². The number of anilines is 2. The van der Waals surface area contributed by atoms with Gasteiger partial charge >= 0.3 is 170 Å². The van der Waals surface area contributed by atoms with Crippen LogP contribution in [0.2, 0.25) is 0 Å². The number of carbonyl (C=O) groups is 1. The Labute approximate surface area is 280 Å². The van der Waals surface area contributed by atoms with Crippen molar-refractivity contribution in [2.75, 3.05) is 65.0 Å². The fourth-order valence-corrected chi connectivity index (χ4v) is 6.93. The summed E-state index contributed by atoms with van der Waals surface area (Å²) in [7, 11) is 5.46. The Bertz CT molecular complexity index is 1550. The SMILES string of the molecule is CC.CN1CC(C)(O)C1.CN1CC(F)C2CC2C1.COc1cc(C=O)ccc1NCC#Cc1nn2c(N)cccc2c1[Se]C(F)(F)F. The molecule has 1 aromatic carbocycles. The van der Waals surface area contributed by atoms with Gasteiger partial charge in [-0.15, -0.1) is 0 Å². The number of hydrogen-bond donors (Lipinski definition) is 3. The summed E-state index contributed by atoms with van der Waals surface area (Å²) in [5.41, 5.74) is 6.84. The first-order valence-electron chi connectivity index (χ1n) is 15.3. The molecule has 1 aliphatic carbocycles. The summed E-state index contributed by atoms with van der Waals surface area (Å²) in [5, 5.41) is 11.8. The van der Waals surface area contributed by atoms with Crippen molar-refractivity contribution >= 4 is 42.7 Å². The van der Waals surface area contributed by atoms with Crippen molar-refractivity contribution in [1.82, 2.24) is 19.4 Å². The Morgan fingerprint density at radius 3 is 2.45 bits per heavy atom. The molecule has 2 aliphatic heterocycles. The zero-order valence-electron chi connectivity index (χ0n) is 27.6. The van der Waals surface area contributed by atoms with Crippen LogP contribution in [0, 0.1) is 23.7 Å². The van der Waals surface area contributed by atoms with Crippen molar-refractivity contribution in [1.29, 1.82) is 0 Å². The van der Waals surface area contributed by atoms with Gasteiger partial charge in [-0.25, -0.2) is 4.39 Å². The second kappa shape index (κ2) is 16.7. The molecule has 0 spiro atoms. The van der Waals surface area contributed by atoms with E-state index in [1.165, 1.54) is 17.7 Å². The Balaban J connectivity index is 0.000000267. The van der Waals surface area contributed by atoms with Gasteiger partial charge in [-0.05, 0) is 39.3 Å². The summed E-state index contributed by atoms with van der Waals surface area (Å²) in [5.74, 6) is 7.32. The van der Waals surface area contributed by atoms with E-state index in [1.54, 1.807) is 30.3 Å². The van der Waals surface area contributed by atoms with Gasteiger partial charge in [0.25, 0.3) is 0 Å². The van der Waals surface area contributed by atoms with Crippen LogP contribution in [0.4, 0.5) is 29.1 Å². The van der Waals surface area contributed by atoms with E-state index in [2.05, 4.69) is 32.1 Å². The predicted molar refractivity (Wildman–Crippen MR) is 178 cm³/mol. The minimum absolute atomic E-state index is 0.0396. The monoisotopic (exact) mass is 728 g/mol. The third-order valence-corrected chi connectivity index (χ3v) is 9.25. The van der Waals surface area contributed by atoms with Crippen molar-refractivity contribution in [2.24, 2.45) is 11.8 Å². The maximum absolute atomic E-state index is 13.0. The van der Waals surface area contributed by atoms with Crippen LogP contribution in [0.5, 0.6) is 5.75 Å². The second-order valence-corrected chi connectivity index (χ2v) is 14.0. The van der Waals surface area contributed by atoms with Gasteiger partial charge < -0.3 is 14.9 Å². The number of pyridine rings is 1. The molecule has 0 radical (unpaired) electrons. The third-order valence-electron chi connectivity index (χ3n) is 7.49. The van der Waals surface area contributed by atoms with Crippen LogP contribution in [0.25, 0.3) is 5.52 Å². The third kappa shape index (κ3) is 11.1. The first-order chi connectivity index (χ1) is 22.2.